The lowest BCUT2D eigenvalue weighted by atomic mass is 10.1. The molecule has 12 heteroatoms. The van der Waals surface area contributed by atoms with Crippen molar-refractivity contribution < 1.29 is 33.1 Å². The van der Waals surface area contributed by atoms with Crippen LogP contribution in [0.3, 0.4) is 0 Å². The van der Waals surface area contributed by atoms with Gasteiger partial charge in [0.1, 0.15) is 12.3 Å². The number of phosphoric ester groups is 1. The second-order valence-corrected chi connectivity index (χ2v) is 5.88. The first-order valence-corrected chi connectivity index (χ1v) is 7.70. The van der Waals surface area contributed by atoms with Crippen LogP contribution in [-0.4, -0.2) is 42.8 Å². The van der Waals surface area contributed by atoms with Gasteiger partial charge in [0.25, 0.3) is 5.56 Å². The zero-order chi connectivity index (χ0) is 17.4. The molecule has 0 spiro atoms. The third kappa shape index (κ3) is 3.94. The van der Waals surface area contributed by atoms with Gasteiger partial charge in [-0.1, -0.05) is 5.92 Å². The number of aromatic nitrogens is 2. The van der Waals surface area contributed by atoms with Crippen LogP contribution in [0.1, 0.15) is 12.6 Å². The minimum Gasteiger partial charge on any atom is -0.390 e. The van der Waals surface area contributed by atoms with Crippen molar-refractivity contribution in [2.45, 2.75) is 31.0 Å². The van der Waals surface area contributed by atoms with Gasteiger partial charge in [0.15, 0.2) is 6.10 Å². The van der Waals surface area contributed by atoms with Crippen LogP contribution >= 0.6 is 7.82 Å². The Morgan fingerprint density at radius 1 is 1.57 bits per heavy atom. The van der Waals surface area contributed by atoms with Crippen LogP contribution in [-0.2, 0) is 13.8 Å². The number of halogens is 1. The van der Waals surface area contributed by atoms with Gasteiger partial charge in [-0.15, -0.1) is 6.42 Å². The molecule has 0 aromatic carbocycles. The summed E-state index contributed by atoms with van der Waals surface area (Å²) in [4.78, 5) is 41.9. The molecular formula is C11H12FN2O8P. The molecular weight excluding hydrogens is 338 g/mol. The van der Waals surface area contributed by atoms with Crippen LogP contribution in [0.15, 0.2) is 15.8 Å². The van der Waals surface area contributed by atoms with Gasteiger partial charge in [-0.05, 0) is 0 Å². The first-order valence-electron chi connectivity index (χ1n) is 6.17. The molecule has 1 aromatic heterocycles. The fourth-order valence-corrected chi connectivity index (χ4v) is 2.61. The highest BCUT2D eigenvalue weighted by atomic mass is 31.2. The average molecular weight is 350 g/mol. The van der Waals surface area contributed by atoms with Crippen molar-refractivity contribution >= 4 is 7.82 Å². The van der Waals surface area contributed by atoms with Crippen LogP contribution in [0.4, 0.5) is 4.39 Å². The molecule has 4 N–H and O–H groups in total. The molecule has 0 bridgehead atoms. The number of aliphatic hydroxyl groups excluding tert-OH is 1. The monoisotopic (exact) mass is 350 g/mol. The number of terminal acetylenes is 1. The number of nitrogens with one attached hydrogen (secondary N) is 1. The molecule has 126 valence electrons. The number of aliphatic hydroxyl groups is 1. The van der Waals surface area contributed by atoms with E-state index < -0.39 is 49.4 Å². The number of ether oxygens (including phenoxy) is 1. The van der Waals surface area contributed by atoms with Crippen LogP contribution < -0.4 is 11.2 Å². The van der Waals surface area contributed by atoms with E-state index in [2.05, 4.69) is 4.52 Å². The summed E-state index contributed by atoms with van der Waals surface area (Å²) in [6.07, 6.45) is -0.0516. The van der Waals surface area contributed by atoms with E-state index in [0.29, 0.717) is 10.8 Å². The Labute approximate surface area is 127 Å². The van der Waals surface area contributed by atoms with Gasteiger partial charge in [-0.25, -0.2) is 9.36 Å². The lowest BCUT2D eigenvalue weighted by Crippen LogP contribution is -2.36. The molecule has 0 saturated carbocycles. The lowest BCUT2D eigenvalue weighted by molar-refractivity contribution is -0.0641. The fraction of sp³-hybridized carbons (Fsp3) is 0.455. The van der Waals surface area contributed by atoms with Crippen molar-refractivity contribution in [3.63, 3.8) is 0 Å². The molecule has 4 atom stereocenters. The topological polar surface area (TPSA) is 151 Å². The molecule has 2 rings (SSSR count). The van der Waals surface area contributed by atoms with Crippen molar-refractivity contribution in [1.82, 2.24) is 9.55 Å². The Kier molecular flexibility index (Phi) is 4.86. The predicted molar refractivity (Wildman–Crippen MR) is 71.6 cm³/mol. The van der Waals surface area contributed by atoms with Crippen molar-refractivity contribution in [1.29, 1.82) is 0 Å². The maximum atomic E-state index is 13.3. The van der Waals surface area contributed by atoms with E-state index in [4.69, 9.17) is 20.9 Å². The second-order valence-electron chi connectivity index (χ2n) is 4.69. The summed E-state index contributed by atoms with van der Waals surface area (Å²) in [6.45, 7) is 0. The van der Waals surface area contributed by atoms with Crippen molar-refractivity contribution in [2.24, 2.45) is 0 Å². The molecule has 23 heavy (non-hydrogen) atoms. The Hall–Kier alpha value is -1.80. The van der Waals surface area contributed by atoms with E-state index in [9.17, 15) is 23.7 Å². The van der Waals surface area contributed by atoms with Gasteiger partial charge < -0.3 is 19.6 Å². The summed E-state index contributed by atoms with van der Waals surface area (Å²) >= 11 is 0. The summed E-state index contributed by atoms with van der Waals surface area (Å²) in [5, 5.41) is 9.90. The van der Waals surface area contributed by atoms with Gasteiger partial charge in [-0.3, -0.25) is 18.9 Å². The second kappa shape index (κ2) is 6.37. The first-order chi connectivity index (χ1) is 10.6. The number of hydrogen-bond acceptors (Lipinski definition) is 6. The van der Waals surface area contributed by atoms with Gasteiger partial charge >= 0.3 is 13.5 Å². The van der Waals surface area contributed by atoms with E-state index in [0.717, 1.165) is 0 Å². The molecule has 0 amide bonds. The van der Waals surface area contributed by atoms with Crippen molar-refractivity contribution in [3.05, 3.63) is 32.9 Å². The highest BCUT2D eigenvalue weighted by Gasteiger charge is 2.42. The zero-order valence-corrected chi connectivity index (χ0v) is 12.2. The van der Waals surface area contributed by atoms with Crippen LogP contribution in [0.5, 0.6) is 0 Å². The summed E-state index contributed by atoms with van der Waals surface area (Å²) in [7, 11) is -4.94. The molecule has 1 aromatic rings. The van der Waals surface area contributed by atoms with E-state index >= 15 is 0 Å². The third-order valence-corrected chi connectivity index (χ3v) is 3.59. The third-order valence-electron chi connectivity index (χ3n) is 3.08. The molecule has 0 unspecified atom stereocenters. The molecule has 1 aliphatic rings. The van der Waals surface area contributed by atoms with Gasteiger partial charge in [-0.2, -0.15) is 4.39 Å². The summed E-state index contributed by atoms with van der Waals surface area (Å²) < 4.78 is 34.4. The van der Waals surface area contributed by atoms with Crippen molar-refractivity contribution in [2.75, 3.05) is 0 Å². The largest absolute Gasteiger partial charge is 0.470 e. The molecule has 1 aliphatic heterocycles. The van der Waals surface area contributed by atoms with Crippen LogP contribution in [0.25, 0.3) is 0 Å². The zero-order valence-electron chi connectivity index (χ0n) is 11.3. The SMILES string of the molecule is C#C[C@H](OP(=O)(O)O)[C@H]1O[C@@H](n2cc(F)c(=O)[nH]c2=O)C[C@@H]1O. The van der Waals surface area contributed by atoms with Crippen LogP contribution in [0.2, 0.25) is 0 Å². The summed E-state index contributed by atoms with van der Waals surface area (Å²) in [5.41, 5.74) is -2.20. The number of phosphoric acid groups is 1. The number of aromatic amines is 1. The number of H-pyrrole nitrogens is 1. The van der Waals surface area contributed by atoms with E-state index in [1.165, 1.54) is 0 Å². The quantitative estimate of drug-likeness (QED) is 0.376. The highest BCUT2D eigenvalue weighted by Crippen LogP contribution is 2.41. The van der Waals surface area contributed by atoms with Gasteiger partial charge in [0.05, 0.1) is 12.3 Å². The van der Waals surface area contributed by atoms with Crippen molar-refractivity contribution in [3.8, 4) is 12.3 Å². The van der Waals surface area contributed by atoms with Crippen LogP contribution in [0, 0.1) is 18.2 Å². The average Bonchev–Trinajstić information content (AvgIpc) is 2.81. The smallest absolute Gasteiger partial charge is 0.390 e. The molecule has 2 heterocycles. The summed E-state index contributed by atoms with van der Waals surface area (Å²) in [6, 6.07) is 0. The number of hydrogen-bond donors (Lipinski definition) is 4. The highest BCUT2D eigenvalue weighted by molar-refractivity contribution is 7.46. The maximum Gasteiger partial charge on any atom is 0.470 e. The standard InChI is InChI=1S/C11H12FN2O8P/c1-2-7(22-23(18,19)20)9-6(15)3-8(21-9)14-4-5(12)10(16)13-11(14)17/h1,4,6-9,15H,3H2,(H,13,16,17)(H2,18,19,20)/t6-,7-,8+,9-/m0/s1. The molecule has 0 aliphatic carbocycles. The van der Waals surface area contributed by atoms with E-state index in [1.807, 2.05) is 5.92 Å². The Morgan fingerprint density at radius 3 is 2.78 bits per heavy atom. The number of rotatable bonds is 4. The normalized spacial score (nSPS) is 26.0. The Balaban J connectivity index is 2.26. The fourth-order valence-electron chi connectivity index (χ4n) is 2.13. The molecule has 10 nitrogen and oxygen atoms in total. The Morgan fingerprint density at radius 2 is 2.22 bits per heavy atom. The molecule has 1 fully saturated rings. The van der Waals surface area contributed by atoms with Gasteiger partial charge in [0.2, 0.25) is 5.82 Å². The van der Waals surface area contributed by atoms with Gasteiger partial charge in [0, 0.05) is 6.42 Å². The van der Waals surface area contributed by atoms with E-state index in [1.54, 1.807) is 4.98 Å². The Bertz CT molecular complexity index is 792. The maximum absolute atomic E-state index is 13.3. The van der Waals surface area contributed by atoms with E-state index in [-0.39, 0.29) is 6.42 Å². The minimum absolute atomic E-state index is 0.237. The first kappa shape index (κ1) is 17.6. The minimum atomic E-state index is -4.94. The molecule has 0 radical (unpaired) electrons. The molecule has 1 saturated heterocycles. The summed E-state index contributed by atoms with van der Waals surface area (Å²) in [5.74, 6) is 0.675. The predicted octanol–water partition coefficient (Wildman–Crippen LogP) is -1.56. The lowest BCUT2D eigenvalue weighted by Gasteiger charge is -2.22. The number of nitrogens with zero attached hydrogens (tertiary/aromatic N) is 1.